The lowest BCUT2D eigenvalue weighted by atomic mass is 10.2. The van der Waals surface area contributed by atoms with Gasteiger partial charge < -0.3 is 10.1 Å². The van der Waals surface area contributed by atoms with Crippen molar-refractivity contribution in [1.29, 1.82) is 0 Å². The Morgan fingerprint density at radius 2 is 1.92 bits per heavy atom. The molecule has 0 fully saturated rings. The second-order valence-corrected chi connectivity index (χ2v) is 5.49. The Labute approximate surface area is 150 Å². The first-order valence-electron chi connectivity index (χ1n) is 7.63. The fourth-order valence-electron chi connectivity index (χ4n) is 2.01. The quantitative estimate of drug-likeness (QED) is 0.612. The van der Waals surface area contributed by atoms with Crippen LogP contribution in [-0.4, -0.2) is 24.6 Å². The molecule has 0 saturated heterocycles. The van der Waals surface area contributed by atoms with Gasteiger partial charge in [0.15, 0.2) is 0 Å². The van der Waals surface area contributed by atoms with Crippen molar-refractivity contribution in [3.05, 3.63) is 58.6 Å². The Hall–Kier alpha value is -2.86. The van der Waals surface area contributed by atoms with Crippen LogP contribution in [0.15, 0.2) is 47.6 Å². The van der Waals surface area contributed by atoms with Gasteiger partial charge in [-0.3, -0.25) is 9.59 Å². The molecule has 25 heavy (non-hydrogen) atoms. The summed E-state index contributed by atoms with van der Waals surface area (Å²) in [6.45, 7) is 3.83. The predicted molar refractivity (Wildman–Crippen MR) is 98.4 cm³/mol. The van der Waals surface area contributed by atoms with Gasteiger partial charge in [0.25, 0.3) is 5.91 Å². The Morgan fingerprint density at radius 3 is 2.52 bits per heavy atom. The first-order valence-corrected chi connectivity index (χ1v) is 8.00. The Morgan fingerprint density at radius 1 is 1.20 bits per heavy atom. The van der Waals surface area contributed by atoms with Crippen LogP contribution in [0.4, 0.5) is 5.69 Å². The van der Waals surface area contributed by atoms with E-state index < -0.39 is 0 Å². The molecule has 2 aromatic rings. The van der Waals surface area contributed by atoms with E-state index in [0.29, 0.717) is 28.6 Å². The molecule has 0 atom stereocenters. The van der Waals surface area contributed by atoms with Crippen molar-refractivity contribution in [2.24, 2.45) is 5.10 Å². The molecule has 6 nitrogen and oxygen atoms in total. The number of amides is 2. The molecule has 0 heterocycles. The van der Waals surface area contributed by atoms with Crippen LogP contribution in [0.25, 0.3) is 0 Å². The largest absolute Gasteiger partial charge is 0.492 e. The van der Waals surface area contributed by atoms with Gasteiger partial charge in [-0.05, 0) is 55.0 Å². The number of nitrogens with one attached hydrogen (secondary N) is 2. The van der Waals surface area contributed by atoms with Gasteiger partial charge in [-0.25, -0.2) is 5.43 Å². The van der Waals surface area contributed by atoms with Crippen molar-refractivity contribution < 1.29 is 14.3 Å². The van der Waals surface area contributed by atoms with Gasteiger partial charge in [-0.1, -0.05) is 11.6 Å². The number of carbonyl (C=O) groups excluding carboxylic acids is 2. The molecule has 0 radical (unpaired) electrons. The number of benzene rings is 2. The van der Waals surface area contributed by atoms with Crippen LogP contribution in [-0.2, 0) is 4.79 Å². The molecule has 0 aromatic heterocycles. The molecule has 2 N–H and O–H groups in total. The van der Waals surface area contributed by atoms with Crippen LogP contribution in [0.2, 0.25) is 5.02 Å². The third kappa shape index (κ3) is 5.61. The summed E-state index contributed by atoms with van der Waals surface area (Å²) in [4.78, 5) is 23.0. The van der Waals surface area contributed by atoms with Gasteiger partial charge in [0.1, 0.15) is 5.75 Å². The molecule has 0 saturated carbocycles. The molecule has 0 unspecified atom stereocenters. The molecule has 0 aliphatic rings. The van der Waals surface area contributed by atoms with Crippen molar-refractivity contribution >= 4 is 35.3 Å². The van der Waals surface area contributed by atoms with Gasteiger partial charge >= 0.3 is 0 Å². The number of hydrazone groups is 1. The van der Waals surface area contributed by atoms with Crippen molar-refractivity contribution in [3.8, 4) is 5.75 Å². The molecule has 2 amide bonds. The lowest BCUT2D eigenvalue weighted by molar-refractivity contribution is -0.114. The Kier molecular flexibility index (Phi) is 6.54. The highest BCUT2D eigenvalue weighted by Crippen LogP contribution is 2.24. The summed E-state index contributed by atoms with van der Waals surface area (Å²) in [5, 5.41) is 7.02. The first-order chi connectivity index (χ1) is 12.0. The van der Waals surface area contributed by atoms with Crippen LogP contribution >= 0.6 is 11.6 Å². The number of anilines is 1. The fraction of sp³-hybridized carbons (Fsp3) is 0.167. The van der Waals surface area contributed by atoms with E-state index in [2.05, 4.69) is 15.8 Å². The highest BCUT2D eigenvalue weighted by atomic mass is 35.5. The molecular formula is C18H18ClN3O3. The molecule has 0 aliphatic carbocycles. The zero-order valence-electron chi connectivity index (χ0n) is 13.9. The topological polar surface area (TPSA) is 79.8 Å². The molecule has 2 rings (SSSR count). The van der Waals surface area contributed by atoms with Crippen LogP contribution in [0.5, 0.6) is 5.75 Å². The van der Waals surface area contributed by atoms with Crippen LogP contribution < -0.4 is 15.5 Å². The highest BCUT2D eigenvalue weighted by molar-refractivity contribution is 6.32. The maximum Gasteiger partial charge on any atom is 0.271 e. The van der Waals surface area contributed by atoms with Crippen LogP contribution in [0.1, 0.15) is 29.8 Å². The van der Waals surface area contributed by atoms with Gasteiger partial charge in [0.2, 0.25) is 5.91 Å². The summed E-state index contributed by atoms with van der Waals surface area (Å²) >= 11 is 6.09. The molecule has 2 aromatic carbocycles. The SMILES string of the molecule is CCOc1ccc(/C=N\NC(=O)c2ccc(NC(C)=O)cc2)cc1Cl. The van der Waals surface area contributed by atoms with E-state index in [-0.39, 0.29) is 11.8 Å². The first kappa shape index (κ1) is 18.5. The maximum atomic E-state index is 12.0. The van der Waals surface area contributed by atoms with E-state index in [4.69, 9.17) is 16.3 Å². The second-order valence-electron chi connectivity index (χ2n) is 5.08. The van der Waals surface area contributed by atoms with Crippen LogP contribution in [0, 0.1) is 0 Å². The number of carbonyl (C=O) groups is 2. The number of nitrogens with zero attached hydrogens (tertiary/aromatic N) is 1. The highest BCUT2D eigenvalue weighted by Gasteiger charge is 2.05. The summed E-state index contributed by atoms with van der Waals surface area (Å²) in [5.74, 6) is 0.0723. The minimum absolute atomic E-state index is 0.171. The minimum atomic E-state index is -0.359. The average molecular weight is 360 g/mol. The zero-order chi connectivity index (χ0) is 18.2. The van der Waals surface area contributed by atoms with Crippen molar-refractivity contribution in [1.82, 2.24) is 5.43 Å². The third-order valence-corrected chi connectivity index (χ3v) is 3.40. The van der Waals surface area contributed by atoms with Crippen LogP contribution in [0.3, 0.4) is 0 Å². The Balaban J connectivity index is 1.96. The normalized spacial score (nSPS) is 10.5. The molecule has 7 heteroatoms. The minimum Gasteiger partial charge on any atom is -0.492 e. The van der Waals surface area contributed by atoms with Crippen molar-refractivity contribution in [3.63, 3.8) is 0 Å². The van der Waals surface area contributed by atoms with Gasteiger partial charge in [0.05, 0.1) is 17.8 Å². The summed E-state index contributed by atoms with van der Waals surface area (Å²) in [5.41, 5.74) is 4.22. The predicted octanol–water partition coefficient (Wildman–Crippen LogP) is 3.46. The van der Waals surface area contributed by atoms with Gasteiger partial charge in [-0.15, -0.1) is 0 Å². The third-order valence-electron chi connectivity index (χ3n) is 3.10. The van der Waals surface area contributed by atoms with E-state index in [1.54, 1.807) is 42.5 Å². The number of ether oxygens (including phenoxy) is 1. The van der Waals surface area contributed by atoms with E-state index >= 15 is 0 Å². The average Bonchev–Trinajstić information content (AvgIpc) is 2.57. The molecule has 0 aliphatic heterocycles. The molecule has 0 bridgehead atoms. The lowest BCUT2D eigenvalue weighted by Gasteiger charge is -2.05. The molecular weight excluding hydrogens is 342 g/mol. The number of hydrogen-bond acceptors (Lipinski definition) is 4. The summed E-state index contributed by atoms with van der Waals surface area (Å²) in [7, 11) is 0. The summed E-state index contributed by atoms with van der Waals surface area (Å²) in [6.07, 6.45) is 1.49. The van der Waals surface area contributed by atoms with Gasteiger partial charge in [-0.2, -0.15) is 5.10 Å². The summed E-state index contributed by atoms with van der Waals surface area (Å²) in [6, 6.07) is 11.7. The van der Waals surface area contributed by atoms with E-state index in [1.165, 1.54) is 13.1 Å². The monoisotopic (exact) mass is 359 g/mol. The number of halogens is 1. The van der Waals surface area contributed by atoms with Gasteiger partial charge in [0, 0.05) is 18.2 Å². The van der Waals surface area contributed by atoms with Crippen molar-refractivity contribution in [2.45, 2.75) is 13.8 Å². The smallest absolute Gasteiger partial charge is 0.271 e. The lowest BCUT2D eigenvalue weighted by Crippen LogP contribution is -2.17. The van der Waals surface area contributed by atoms with E-state index in [1.807, 2.05) is 6.92 Å². The van der Waals surface area contributed by atoms with E-state index in [9.17, 15) is 9.59 Å². The standard InChI is InChI=1S/C18H18ClN3O3/c1-3-25-17-9-4-13(10-16(17)19)11-20-22-18(24)14-5-7-15(8-6-14)21-12(2)23/h4-11H,3H2,1-2H3,(H,21,23)(H,22,24)/b20-11-. The fourth-order valence-corrected chi connectivity index (χ4v) is 2.25. The van der Waals surface area contributed by atoms with Crippen molar-refractivity contribution in [2.75, 3.05) is 11.9 Å². The maximum absolute atomic E-state index is 12.0. The Bertz CT molecular complexity index is 789. The summed E-state index contributed by atoms with van der Waals surface area (Å²) < 4.78 is 5.35. The number of rotatable bonds is 6. The molecule has 130 valence electrons. The molecule has 0 spiro atoms. The zero-order valence-corrected chi connectivity index (χ0v) is 14.6. The number of hydrogen-bond donors (Lipinski definition) is 2. The second kappa shape index (κ2) is 8.84. The van der Waals surface area contributed by atoms with E-state index in [0.717, 1.165) is 5.56 Å².